The topological polar surface area (TPSA) is 101 Å². The maximum Gasteiger partial charge on any atom is 0.333 e. The predicted octanol–water partition coefficient (Wildman–Crippen LogP) is 0.998. The van der Waals surface area contributed by atoms with Gasteiger partial charge in [0.05, 0.1) is 22.7 Å². The predicted molar refractivity (Wildman–Crippen MR) is 80.8 cm³/mol. The number of hydrogen-bond acceptors (Lipinski definition) is 4. The molecule has 0 aliphatic heterocycles. The first kappa shape index (κ1) is 16.2. The van der Waals surface area contributed by atoms with E-state index in [1.165, 1.54) is 6.92 Å². The molecule has 0 aliphatic rings. The van der Waals surface area contributed by atoms with Gasteiger partial charge in [0.15, 0.2) is 0 Å². The maximum atomic E-state index is 14.0. The second-order valence-electron chi connectivity index (χ2n) is 4.59. The van der Waals surface area contributed by atoms with Crippen LogP contribution in [0, 0.1) is 12.7 Å². The van der Waals surface area contributed by atoms with Crippen molar-refractivity contribution in [3.8, 4) is 5.69 Å². The minimum atomic E-state index is -3.67. The molecule has 0 saturated heterocycles. The summed E-state index contributed by atoms with van der Waals surface area (Å²) in [6, 6.07) is 2.90. The minimum absolute atomic E-state index is 0.146. The van der Waals surface area contributed by atoms with Crippen LogP contribution in [0.3, 0.4) is 0 Å². The number of sulfonamides is 1. The zero-order valence-electron chi connectivity index (χ0n) is 11.5. The van der Waals surface area contributed by atoms with Crippen molar-refractivity contribution in [2.24, 2.45) is 0 Å². The Morgan fingerprint density at radius 1 is 1.27 bits per heavy atom. The van der Waals surface area contributed by atoms with Crippen LogP contribution in [-0.2, 0) is 10.0 Å². The summed E-state index contributed by atoms with van der Waals surface area (Å²) < 4.78 is 39.2. The van der Waals surface area contributed by atoms with Crippen LogP contribution in [0.2, 0.25) is 5.02 Å². The number of hydrogen-bond donors (Lipinski definition) is 2. The standard InChI is InChI=1S/C12H11ClFN3O4S/c1-6-3-11(18)17(12(19)15-6)10-5-9(16-22(2,20)21)7(13)4-8(10)14/h3-5,16H,1-2H3,(H,15,19). The van der Waals surface area contributed by atoms with Crippen LogP contribution in [0.15, 0.2) is 27.8 Å². The van der Waals surface area contributed by atoms with Crippen molar-refractivity contribution in [1.29, 1.82) is 0 Å². The number of aromatic nitrogens is 2. The largest absolute Gasteiger partial charge is 0.333 e. The van der Waals surface area contributed by atoms with Crippen molar-refractivity contribution in [1.82, 2.24) is 9.55 Å². The summed E-state index contributed by atoms with van der Waals surface area (Å²) in [4.78, 5) is 26.1. The molecule has 118 valence electrons. The van der Waals surface area contributed by atoms with Gasteiger partial charge in [-0.1, -0.05) is 11.6 Å². The normalized spacial score (nSPS) is 11.5. The third kappa shape index (κ3) is 3.37. The van der Waals surface area contributed by atoms with Crippen molar-refractivity contribution in [3.05, 3.63) is 55.6 Å². The monoisotopic (exact) mass is 347 g/mol. The van der Waals surface area contributed by atoms with E-state index in [0.717, 1.165) is 24.5 Å². The first-order chi connectivity index (χ1) is 10.1. The number of benzene rings is 1. The van der Waals surface area contributed by atoms with E-state index in [4.69, 9.17) is 11.6 Å². The van der Waals surface area contributed by atoms with E-state index in [1.54, 1.807) is 0 Å². The summed E-state index contributed by atoms with van der Waals surface area (Å²) in [5.74, 6) is -0.944. The van der Waals surface area contributed by atoms with Gasteiger partial charge in [0, 0.05) is 11.8 Å². The molecule has 22 heavy (non-hydrogen) atoms. The number of aromatic amines is 1. The molecule has 2 N–H and O–H groups in total. The fourth-order valence-corrected chi connectivity index (χ4v) is 2.65. The van der Waals surface area contributed by atoms with Gasteiger partial charge in [-0.25, -0.2) is 22.2 Å². The van der Waals surface area contributed by atoms with E-state index in [9.17, 15) is 22.4 Å². The zero-order valence-corrected chi connectivity index (χ0v) is 13.0. The van der Waals surface area contributed by atoms with Gasteiger partial charge >= 0.3 is 5.69 Å². The average Bonchev–Trinajstić information content (AvgIpc) is 2.31. The molecule has 1 heterocycles. The maximum absolute atomic E-state index is 14.0. The Kier molecular flexibility index (Phi) is 4.12. The number of halogens is 2. The van der Waals surface area contributed by atoms with Crippen molar-refractivity contribution < 1.29 is 12.8 Å². The Balaban J connectivity index is 2.75. The number of rotatable bonds is 3. The Labute approximate surface area is 129 Å². The van der Waals surface area contributed by atoms with Crippen molar-refractivity contribution in [2.45, 2.75) is 6.92 Å². The molecule has 0 atom stereocenters. The summed E-state index contributed by atoms with van der Waals surface area (Å²) >= 11 is 5.76. The van der Waals surface area contributed by atoms with Crippen molar-refractivity contribution in [2.75, 3.05) is 11.0 Å². The molecule has 0 fully saturated rings. The molecule has 2 rings (SSSR count). The van der Waals surface area contributed by atoms with Gasteiger partial charge < -0.3 is 4.98 Å². The number of nitrogens with zero attached hydrogens (tertiary/aromatic N) is 1. The molecule has 0 saturated carbocycles. The van der Waals surface area contributed by atoms with Gasteiger partial charge in [-0.2, -0.15) is 0 Å². The molecule has 2 aromatic rings. The highest BCUT2D eigenvalue weighted by atomic mass is 35.5. The van der Waals surface area contributed by atoms with E-state index < -0.39 is 32.8 Å². The summed E-state index contributed by atoms with van der Waals surface area (Å²) in [6.45, 7) is 1.50. The highest BCUT2D eigenvalue weighted by Gasteiger charge is 2.16. The summed E-state index contributed by atoms with van der Waals surface area (Å²) in [7, 11) is -3.67. The molecule has 0 unspecified atom stereocenters. The van der Waals surface area contributed by atoms with E-state index in [2.05, 4.69) is 9.71 Å². The highest BCUT2D eigenvalue weighted by molar-refractivity contribution is 7.92. The highest BCUT2D eigenvalue weighted by Crippen LogP contribution is 2.27. The number of H-pyrrole nitrogens is 1. The van der Waals surface area contributed by atoms with Gasteiger partial charge in [-0.15, -0.1) is 0 Å². The Hall–Kier alpha value is -2.13. The van der Waals surface area contributed by atoms with Crippen LogP contribution in [0.1, 0.15) is 5.69 Å². The second kappa shape index (κ2) is 5.58. The van der Waals surface area contributed by atoms with E-state index >= 15 is 0 Å². The lowest BCUT2D eigenvalue weighted by Crippen LogP contribution is -2.34. The van der Waals surface area contributed by atoms with Crippen LogP contribution in [-0.4, -0.2) is 24.2 Å². The van der Waals surface area contributed by atoms with Gasteiger partial charge in [-0.05, 0) is 19.1 Å². The molecule has 0 spiro atoms. The average molecular weight is 348 g/mol. The first-order valence-corrected chi connectivity index (χ1v) is 8.15. The van der Waals surface area contributed by atoms with Gasteiger partial charge in [0.25, 0.3) is 5.56 Å². The van der Waals surface area contributed by atoms with Crippen molar-refractivity contribution in [3.63, 3.8) is 0 Å². The van der Waals surface area contributed by atoms with E-state index in [1.807, 2.05) is 0 Å². The molecule has 0 bridgehead atoms. The molecule has 1 aromatic carbocycles. The Bertz CT molecular complexity index is 934. The molecule has 0 amide bonds. The van der Waals surface area contributed by atoms with Crippen LogP contribution in [0.5, 0.6) is 0 Å². The number of aryl methyl sites for hydroxylation is 1. The molecule has 7 nitrogen and oxygen atoms in total. The van der Waals surface area contributed by atoms with Gasteiger partial charge in [0.1, 0.15) is 5.82 Å². The van der Waals surface area contributed by atoms with Gasteiger partial charge in [0.2, 0.25) is 10.0 Å². The smallest absolute Gasteiger partial charge is 0.311 e. The van der Waals surface area contributed by atoms with Crippen LogP contribution in [0.25, 0.3) is 5.69 Å². The molecule has 1 aromatic heterocycles. The van der Waals surface area contributed by atoms with Crippen LogP contribution < -0.4 is 16.0 Å². The molecule has 10 heteroatoms. The number of anilines is 1. The summed E-state index contributed by atoms with van der Waals surface area (Å²) in [5.41, 5.74) is -1.85. The lowest BCUT2D eigenvalue weighted by molar-refractivity contribution is 0.605. The second-order valence-corrected chi connectivity index (χ2v) is 6.74. The third-order valence-corrected chi connectivity index (χ3v) is 3.54. The molecule has 0 radical (unpaired) electrons. The van der Waals surface area contributed by atoms with Gasteiger partial charge in [-0.3, -0.25) is 9.52 Å². The fraction of sp³-hybridized carbons (Fsp3) is 0.167. The summed E-state index contributed by atoms with van der Waals surface area (Å²) in [5, 5.41) is -0.205. The molecular weight excluding hydrogens is 337 g/mol. The van der Waals surface area contributed by atoms with E-state index in [-0.39, 0.29) is 10.7 Å². The van der Waals surface area contributed by atoms with Crippen LogP contribution in [0.4, 0.5) is 10.1 Å². The third-order valence-electron chi connectivity index (χ3n) is 2.64. The number of nitrogens with one attached hydrogen (secondary N) is 2. The van der Waals surface area contributed by atoms with E-state index in [0.29, 0.717) is 10.3 Å². The molecule has 0 aliphatic carbocycles. The molecular formula is C12H11ClFN3O4S. The van der Waals surface area contributed by atoms with Crippen molar-refractivity contribution >= 4 is 27.3 Å². The first-order valence-electron chi connectivity index (χ1n) is 5.88. The minimum Gasteiger partial charge on any atom is -0.311 e. The lowest BCUT2D eigenvalue weighted by Gasteiger charge is -2.11. The van der Waals surface area contributed by atoms with Crippen LogP contribution >= 0.6 is 11.6 Å². The SMILES string of the molecule is Cc1cc(=O)n(-c2cc(NS(C)(=O)=O)c(Cl)cc2F)c(=O)[nH]1. The zero-order chi connectivity index (χ0) is 16.7. The fourth-order valence-electron chi connectivity index (χ4n) is 1.83. The lowest BCUT2D eigenvalue weighted by atomic mass is 10.2. The Morgan fingerprint density at radius 2 is 1.91 bits per heavy atom. The Morgan fingerprint density at radius 3 is 2.45 bits per heavy atom. The quantitative estimate of drug-likeness (QED) is 0.864. The summed E-state index contributed by atoms with van der Waals surface area (Å²) in [6.07, 6.45) is 0.886.